The van der Waals surface area contributed by atoms with Gasteiger partial charge in [0.25, 0.3) is 0 Å². The molecule has 0 amide bonds. The Morgan fingerprint density at radius 1 is 1.20 bits per heavy atom. The van der Waals surface area contributed by atoms with Crippen LogP contribution in [-0.4, -0.2) is 26.0 Å². The van der Waals surface area contributed by atoms with Crippen molar-refractivity contribution < 1.29 is 14.2 Å². The zero-order valence-electron chi connectivity index (χ0n) is 7.96. The van der Waals surface area contributed by atoms with Gasteiger partial charge in [-0.15, -0.1) is 0 Å². The maximum atomic E-state index is 6.09. The number of rotatable bonds is 2. The summed E-state index contributed by atoms with van der Waals surface area (Å²) in [4.78, 5) is 0. The molecule has 0 bridgehead atoms. The van der Waals surface area contributed by atoms with Crippen molar-refractivity contribution in [1.82, 2.24) is 0 Å². The van der Waals surface area contributed by atoms with E-state index in [0.717, 1.165) is 24.7 Å². The van der Waals surface area contributed by atoms with Crippen LogP contribution in [-0.2, 0) is 4.74 Å². The lowest BCUT2D eigenvalue weighted by Crippen LogP contribution is -2.40. The highest BCUT2D eigenvalue weighted by atomic mass is 35.5. The molecule has 3 rings (SSSR count). The lowest BCUT2D eigenvalue weighted by Gasteiger charge is -2.28. The van der Waals surface area contributed by atoms with Crippen LogP contribution in [0.5, 0.6) is 11.5 Å². The molecular formula is C10H10ClNO3. The highest BCUT2D eigenvalue weighted by molar-refractivity contribution is 6.33. The Labute approximate surface area is 92.1 Å². The van der Waals surface area contributed by atoms with E-state index in [1.54, 1.807) is 6.07 Å². The van der Waals surface area contributed by atoms with Gasteiger partial charge in [-0.3, -0.25) is 0 Å². The van der Waals surface area contributed by atoms with Crippen LogP contribution in [0.4, 0.5) is 5.69 Å². The summed E-state index contributed by atoms with van der Waals surface area (Å²) in [5, 5.41) is 3.93. The molecule has 1 aromatic rings. The van der Waals surface area contributed by atoms with Crippen LogP contribution < -0.4 is 14.8 Å². The zero-order chi connectivity index (χ0) is 10.3. The summed E-state index contributed by atoms with van der Waals surface area (Å²) >= 11 is 6.09. The van der Waals surface area contributed by atoms with E-state index >= 15 is 0 Å². The number of hydrogen-bond acceptors (Lipinski definition) is 4. The van der Waals surface area contributed by atoms with Crippen LogP contribution in [0.3, 0.4) is 0 Å². The summed E-state index contributed by atoms with van der Waals surface area (Å²) in [7, 11) is 0. The van der Waals surface area contributed by atoms with Crippen molar-refractivity contribution in [2.75, 3.05) is 25.3 Å². The maximum Gasteiger partial charge on any atom is 0.231 e. The molecule has 1 saturated heterocycles. The molecule has 1 aromatic carbocycles. The van der Waals surface area contributed by atoms with Crippen LogP contribution in [0.1, 0.15) is 0 Å². The Morgan fingerprint density at radius 3 is 2.60 bits per heavy atom. The average molecular weight is 228 g/mol. The second kappa shape index (κ2) is 3.47. The van der Waals surface area contributed by atoms with Gasteiger partial charge in [0.05, 0.1) is 30.0 Å². The fraction of sp³-hybridized carbons (Fsp3) is 0.400. The van der Waals surface area contributed by atoms with Gasteiger partial charge in [0.2, 0.25) is 6.79 Å². The lowest BCUT2D eigenvalue weighted by atomic mass is 10.2. The molecule has 2 aliphatic heterocycles. The monoisotopic (exact) mass is 227 g/mol. The first-order valence-electron chi connectivity index (χ1n) is 4.76. The van der Waals surface area contributed by atoms with E-state index in [1.807, 2.05) is 6.07 Å². The smallest absolute Gasteiger partial charge is 0.231 e. The highest BCUT2D eigenvalue weighted by Gasteiger charge is 2.21. The van der Waals surface area contributed by atoms with Gasteiger partial charge in [-0.25, -0.2) is 0 Å². The first-order valence-corrected chi connectivity index (χ1v) is 5.14. The van der Waals surface area contributed by atoms with Crippen molar-refractivity contribution in [2.45, 2.75) is 6.04 Å². The van der Waals surface area contributed by atoms with E-state index in [2.05, 4.69) is 5.32 Å². The molecule has 0 saturated carbocycles. The third-order valence-corrected chi connectivity index (χ3v) is 2.77. The van der Waals surface area contributed by atoms with Crippen molar-refractivity contribution in [3.63, 3.8) is 0 Å². The standard InChI is InChI=1S/C10H10ClNO3/c11-7-1-9-10(15-5-14-9)2-8(7)12-6-3-13-4-6/h1-2,6,12H,3-5H2. The Bertz CT molecular complexity index is 392. The normalized spacial score (nSPS) is 18.7. The molecule has 15 heavy (non-hydrogen) atoms. The van der Waals surface area contributed by atoms with Crippen LogP contribution in [0.25, 0.3) is 0 Å². The summed E-state index contributed by atoms with van der Waals surface area (Å²) in [6.45, 7) is 1.72. The van der Waals surface area contributed by atoms with Gasteiger partial charge in [-0.1, -0.05) is 11.6 Å². The van der Waals surface area contributed by atoms with Crippen molar-refractivity contribution in [3.05, 3.63) is 17.2 Å². The van der Waals surface area contributed by atoms with E-state index in [0.29, 0.717) is 16.8 Å². The fourth-order valence-electron chi connectivity index (χ4n) is 1.57. The second-order valence-corrected chi connectivity index (χ2v) is 3.97. The van der Waals surface area contributed by atoms with Crippen LogP contribution in [0, 0.1) is 0 Å². The number of halogens is 1. The minimum absolute atomic E-state index is 0.266. The molecule has 2 aliphatic rings. The number of nitrogens with one attached hydrogen (secondary N) is 1. The van der Waals surface area contributed by atoms with E-state index in [1.165, 1.54) is 0 Å². The largest absolute Gasteiger partial charge is 0.454 e. The molecule has 4 nitrogen and oxygen atoms in total. The lowest BCUT2D eigenvalue weighted by molar-refractivity contribution is 0.0211. The molecule has 2 heterocycles. The number of fused-ring (bicyclic) bond motifs is 1. The van der Waals surface area contributed by atoms with E-state index in [9.17, 15) is 0 Å². The molecular weight excluding hydrogens is 218 g/mol. The third kappa shape index (κ3) is 1.60. The fourth-order valence-corrected chi connectivity index (χ4v) is 1.77. The number of ether oxygens (including phenoxy) is 3. The van der Waals surface area contributed by atoms with Gasteiger partial charge in [0.15, 0.2) is 11.5 Å². The molecule has 0 unspecified atom stereocenters. The van der Waals surface area contributed by atoms with Crippen molar-refractivity contribution >= 4 is 17.3 Å². The quantitative estimate of drug-likeness (QED) is 0.838. The predicted octanol–water partition coefficient (Wildman–Crippen LogP) is 1.88. The SMILES string of the molecule is Clc1cc2c(cc1NC1COC1)OCO2. The molecule has 80 valence electrons. The molecule has 5 heteroatoms. The van der Waals surface area contributed by atoms with Crippen LogP contribution in [0.2, 0.25) is 5.02 Å². The number of anilines is 1. The first-order chi connectivity index (χ1) is 7.33. The molecule has 0 aromatic heterocycles. The Hall–Kier alpha value is -1.13. The zero-order valence-corrected chi connectivity index (χ0v) is 8.71. The highest BCUT2D eigenvalue weighted by Crippen LogP contribution is 2.39. The predicted molar refractivity (Wildman–Crippen MR) is 55.8 cm³/mol. The first kappa shape index (κ1) is 9.12. The van der Waals surface area contributed by atoms with Gasteiger partial charge in [-0.2, -0.15) is 0 Å². The van der Waals surface area contributed by atoms with Gasteiger partial charge >= 0.3 is 0 Å². The second-order valence-electron chi connectivity index (χ2n) is 3.56. The van der Waals surface area contributed by atoms with Gasteiger partial charge in [-0.05, 0) is 0 Å². The Balaban J connectivity index is 1.86. The molecule has 0 spiro atoms. The van der Waals surface area contributed by atoms with E-state index in [-0.39, 0.29) is 6.79 Å². The van der Waals surface area contributed by atoms with Gasteiger partial charge in [0, 0.05) is 12.1 Å². The van der Waals surface area contributed by atoms with Crippen molar-refractivity contribution in [3.8, 4) is 11.5 Å². The minimum Gasteiger partial charge on any atom is -0.454 e. The summed E-state index contributed by atoms with van der Waals surface area (Å²) in [6.07, 6.45) is 0. The average Bonchev–Trinajstić information content (AvgIpc) is 2.58. The molecule has 1 N–H and O–H groups in total. The number of benzene rings is 1. The Morgan fingerprint density at radius 2 is 1.93 bits per heavy atom. The van der Waals surface area contributed by atoms with Gasteiger partial charge in [0.1, 0.15) is 0 Å². The maximum absolute atomic E-state index is 6.09. The van der Waals surface area contributed by atoms with Crippen molar-refractivity contribution in [2.24, 2.45) is 0 Å². The van der Waals surface area contributed by atoms with Gasteiger partial charge < -0.3 is 19.5 Å². The summed E-state index contributed by atoms with van der Waals surface area (Å²) in [5.41, 5.74) is 0.870. The van der Waals surface area contributed by atoms with E-state index in [4.69, 9.17) is 25.8 Å². The van der Waals surface area contributed by atoms with Crippen LogP contribution >= 0.6 is 11.6 Å². The topological polar surface area (TPSA) is 39.7 Å². The van der Waals surface area contributed by atoms with E-state index < -0.39 is 0 Å². The van der Waals surface area contributed by atoms with Crippen LogP contribution in [0.15, 0.2) is 12.1 Å². The molecule has 1 fully saturated rings. The molecule has 0 atom stereocenters. The number of hydrogen-bond donors (Lipinski definition) is 1. The molecule has 0 radical (unpaired) electrons. The third-order valence-electron chi connectivity index (χ3n) is 2.46. The summed E-state index contributed by atoms with van der Waals surface area (Å²) in [5.74, 6) is 1.44. The Kier molecular flexibility index (Phi) is 2.11. The molecule has 0 aliphatic carbocycles. The van der Waals surface area contributed by atoms with Crippen molar-refractivity contribution in [1.29, 1.82) is 0 Å². The summed E-state index contributed by atoms with van der Waals surface area (Å²) < 4.78 is 15.6. The summed E-state index contributed by atoms with van der Waals surface area (Å²) in [6, 6.07) is 3.98. The minimum atomic E-state index is 0.266.